The van der Waals surface area contributed by atoms with Crippen molar-refractivity contribution in [1.82, 2.24) is 10.6 Å². The third-order valence-electron chi connectivity index (χ3n) is 3.79. The molecule has 27 heavy (non-hydrogen) atoms. The molecule has 0 saturated carbocycles. The lowest BCUT2D eigenvalue weighted by Crippen LogP contribution is -2.18. The molecule has 0 saturated heterocycles. The molecular weight excluding hydrogens is 461 g/mol. The standard InChI is InChI=1S/C19H16IN3O4/c1-11-16(17(23-27-11)13-6-4-3-5-7-13)19(25)22-21-10-12-8-14(20)18(24)15(9-12)26-2/h3-10,24H,1-2H3,(H,22,25). The molecule has 0 atom stereocenters. The third-order valence-corrected chi connectivity index (χ3v) is 4.61. The Morgan fingerprint density at radius 2 is 2.07 bits per heavy atom. The number of methoxy groups -OCH3 is 1. The first-order valence-corrected chi connectivity index (χ1v) is 9.00. The van der Waals surface area contributed by atoms with Crippen molar-refractivity contribution < 1.29 is 19.2 Å². The predicted octanol–water partition coefficient (Wildman–Crippen LogP) is 3.73. The van der Waals surface area contributed by atoms with Gasteiger partial charge in [-0.3, -0.25) is 4.79 Å². The summed E-state index contributed by atoms with van der Waals surface area (Å²) in [5, 5.41) is 17.8. The van der Waals surface area contributed by atoms with Crippen molar-refractivity contribution in [3.8, 4) is 22.8 Å². The fourth-order valence-electron chi connectivity index (χ4n) is 2.48. The Morgan fingerprint density at radius 3 is 2.78 bits per heavy atom. The minimum Gasteiger partial charge on any atom is -0.504 e. The summed E-state index contributed by atoms with van der Waals surface area (Å²) < 4.78 is 10.9. The van der Waals surface area contributed by atoms with E-state index in [0.717, 1.165) is 5.56 Å². The molecule has 1 amide bonds. The average molecular weight is 477 g/mol. The Bertz CT molecular complexity index is 1000. The summed E-state index contributed by atoms with van der Waals surface area (Å²) in [5.74, 6) is 0.370. The lowest BCUT2D eigenvalue weighted by Gasteiger charge is -2.06. The Kier molecular flexibility index (Phi) is 5.75. The molecule has 0 aliphatic heterocycles. The van der Waals surface area contributed by atoms with E-state index >= 15 is 0 Å². The summed E-state index contributed by atoms with van der Waals surface area (Å²) in [6.07, 6.45) is 1.47. The highest BCUT2D eigenvalue weighted by molar-refractivity contribution is 14.1. The molecule has 1 heterocycles. The normalized spacial score (nSPS) is 10.9. The summed E-state index contributed by atoms with van der Waals surface area (Å²) in [4.78, 5) is 12.6. The van der Waals surface area contributed by atoms with Crippen LogP contribution < -0.4 is 10.2 Å². The van der Waals surface area contributed by atoms with E-state index < -0.39 is 5.91 Å². The number of nitrogens with one attached hydrogen (secondary N) is 1. The molecule has 7 nitrogen and oxygen atoms in total. The minimum absolute atomic E-state index is 0.0619. The minimum atomic E-state index is -0.427. The number of hydrazone groups is 1. The number of halogens is 1. The number of aromatic hydroxyl groups is 1. The molecular formula is C19H16IN3O4. The second-order valence-electron chi connectivity index (χ2n) is 5.58. The smallest absolute Gasteiger partial charge is 0.277 e. The molecule has 0 aliphatic carbocycles. The third kappa shape index (κ3) is 4.11. The maximum atomic E-state index is 12.6. The van der Waals surface area contributed by atoms with E-state index in [0.29, 0.717) is 31.9 Å². The van der Waals surface area contributed by atoms with Crippen LogP contribution in [0.25, 0.3) is 11.3 Å². The van der Waals surface area contributed by atoms with Crippen molar-refractivity contribution in [2.24, 2.45) is 5.10 Å². The van der Waals surface area contributed by atoms with Crippen LogP contribution in [-0.4, -0.2) is 29.5 Å². The first-order valence-electron chi connectivity index (χ1n) is 7.93. The van der Waals surface area contributed by atoms with Crippen LogP contribution in [0, 0.1) is 10.5 Å². The number of ether oxygens (including phenoxy) is 1. The molecule has 3 rings (SSSR count). The van der Waals surface area contributed by atoms with Crippen LogP contribution in [0.4, 0.5) is 0 Å². The summed E-state index contributed by atoms with van der Waals surface area (Å²) >= 11 is 1.99. The van der Waals surface area contributed by atoms with Gasteiger partial charge in [0, 0.05) is 5.56 Å². The molecule has 2 aromatic carbocycles. The van der Waals surface area contributed by atoms with E-state index in [1.165, 1.54) is 13.3 Å². The van der Waals surface area contributed by atoms with E-state index in [1.807, 2.05) is 52.9 Å². The van der Waals surface area contributed by atoms with Gasteiger partial charge in [0.15, 0.2) is 11.5 Å². The molecule has 0 aliphatic rings. The Hall–Kier alpha value is -2.88. The van der Waals surface area contributed by atoms with Crippen LogP contribution in [0.2, 0.25) is 0 Å². The number of nitrogens with zero attached hydrogens (tertiary/aromatic N) is 2. The number of hydrogen-bond acceptors (Lipinski definition) is 6. The van der Waals surface area contributed by atoms with Gasteiger partial charge < -0.3 is 14.4 Å². The molecule has 0 fully saturated rings. The highest BCUT2D eigenvalue weighted by atomic mass is 127. The highest BCUT2D eigenvalue weighted by Crippen LogP contribution is 2.31. The van der Waals surface area contributed by atoms with Crippen LogP contribution in [0.1, 0.15) is 21.7 Å². The molecule has 0 spiro atoms. The van der Waals surface area contributed by atoms with Crippen LogP contribution in [0.3, 0.4) is 0 Å². The first-order chi connectivity index (χ1) is 13.0. The summed E-state index contributed by atoms with van der Waals surface area (Å²) in [5.41, 5.74) is 4.72. The molecule has 0 unspecified atom stereocenters. The average Bonchev–Trinajstić information content (AvgIpc) is 3.06. The summed E-state index contributed by atoms with van der Waals surface area (Å²) in [7, 11) is 1.47. The van der Waals surface area contributed by atoms with Crippen LogP contribution in [0.15, 0.2) is 52.1 Å². The second kappa shape index (κ2) is 8.21. The van der Waals surface area contributed by atoms with Gasteiger partial charge in [-0.05, 0) is 47.2 Å². The van der Waals surface area contributed by atoms with Gasteiger partial charge in [0.25, 0.3) is 5.91 Å². The number of phenolic OH excluding ortho intramolecular Hbond substituents is 1. The van der Waals surface area contributed by atoms with Crippen LogP contribution >= 0.6 is 22.6 Å². The number of carbonyl (C=O) groups excluding carboxylic acids is 1. The van der Waals surface area contributed by atoms with Crippen LogP contribution in [0.5, 0.6) is 11.5 Å². The molecule has 138 valence electrons. The lowest BCUT2D eigenvalue weighted by molar-refractivity contribution is 0.0954. The Morgan fingerprint density at radius 1 is 1.33 bits per heavy atom. The number of amides is 1. The molecule has 1 aromatic heterocycles. The van der Waals surface area contributed by atoms with E-state index in [9.17, 15) is 9.90 Å². The zero-order valence-corrected chi connectivity index (χ0v) is 16.7. The zero-order valence-electron chi connectivity index (χ0n) is 14.6. The van der Waals surface area contributed by atoms with Gasteiger partial charge in [-0.15, -0.1) is 0 Å². The number of aryl methyl sites for hydroxylation is 1. The zero-order chi connectivity index (χ0) is 19.4. The number of rotatable bonds is 5. The molecule has 8 heteroatoms. The maximum absolute atomic E-state index is 12.6. The Balaban J connectivity index is 1.80. The number of hydrogen-bond donors (Lipinski definition) is 2. The fourth-order valence-corrected chi connectivity index (χ4v) is 3.10. The number of carbonyl (C=O) groups is 1. The lowest BCUT2D eigenvalue weighted by atomic mass is 10.1. The van der Waals surface area contributed by atoms with Gasteiger partial charge in [0.2, 0.25) is 0 Å². The van der Waals surface area contributed by atoms with Gasteiger partial charge in [0.05, 0.1) is 16.9 Å². The van der Waals surface area contributed by atoms with Gasteiger partial charge in [0.1, 0.15) is 17.0 Å². The summed E-state index contributed by atoms with van der Waals surface area (Å²) in [6, 6.07) is 12.6. The predicted molar refractivity (Wildman–Crippen MR) is 109 cm³/mol. The van der Waals surface area contributed by atoms with Crippen molar-refractivity contribution in [3.05, 3.63) is 62.9 Å². The number of phenols is 1. The van der Waals surface area contributed by atoms with Gasteiger partial charge in [-0.1, -0.05) is 35.5 Å². The van der Waals surface area contributed by atoms with Crippen molar-refractivity contribution in [3.63, 3.8) is 0 Å². The van der Waals surface area contributed by atoms with E-state index in [2.05, 4.69) is 15.7 Å². The largest absolute Gasteiger partial charge is 0.504 e. The van der Waals surface area contributed by atoms with Gasteiger partial charge in [-0.25, -0.2) is 5.43 Å². The van der Waals surface area contributed by atoms with Crippen molar-refractivity contribution in [2.45, 2.75) is 6.92 Å². The van der Waals surface area contributed by atoms with Crippen molar-refractivity contribution in [1.29, 1.82) is 0 Å². The van der Waals surface area contributed by atoms with Crippen molar-refractivity contribution in [2.75, 3.05) is 7.11 Å². The van der Waals surface area contributed by atoms with Gasteiger partial charge in [-0.2, -0.15) is 5.10 Å². The Labute approximate surface area is 169 Å². The molecule has 0 bridgehead atoms. The first kappa shape index (κ1) is 18.9. The molecule has 2 N–H and O–H groups in total. The van der Waals surface area contributed by atoms with Crippen LogP contribution in [-0.2, 0) is 0 Å². The van der Waals surface area contributed by atoms with E-state index in [-0.39, 0.29) is 5.75 Å². The molecule has 0 radical (unpaired) electrons. The fraction of sp³-hybridized carbons (Fsp3) is 0.105. The number of benzene rings is 2. The molecule has 3 aromatic rings. The highest BCUT2D eigenvalue weighted by Gasteiger charge is 2.21. The second-order valence-corrected chi connectivity index (χ2v) is 6.74. The van der Waals surface area contributed by atoms with E-state index in [4.69, 9.17) is 9.26 Å². The van der Waals surface area contributed by atoms with Crippen molar-refractivity contribution >= 4 is 34.7 Å². The SMILES string of the molecule is COc1cc(C=NNC(=O)c2c(-c3ccccc3)noc2C)cc(I)c1O. The maximum Gasteiger partial charge on any atom is 0.277 e. The topological polar surface area (TPSA) is 97.0 Å². The number of aromatic nitrogens is 1. The summed E-state index contributed by atoms with van der Waals surface area (Å²) in [6.45, 7) is 1.67. The van der Waals surface area contributed by atoms with Gasteiger partial charge >= 0.3 is 0 Å². The van der Waals surface area contributed by atoms with E-state index in [1.54, 1.807) is 19.1 Å². The quantitative estimate of drug-likeness (QED) is 0.332. The monoisotopic (exact) mass is 477 g/mol.